The fourth-order valence-electron chi connectivity index (χ4n) is 2.25. The molecule has 0 aliphatic heterocycles. The highest BCUT2D eigenvalue weighted by Crippen LogP contribution is 2.20. The maximum atomic E-state index is 12.3. The zero-order valence-electron chi connectivity index (χ0n) is 12.0. The van der Waals surface area contributed by atoms with E-state index in [9.17, 15) is 4.79 Å². The molecule has 3 aromatic rings. The molecule has 0 aliphatic carbocycles. The van der Waals surface area contributed by atoms with Crippen LogP contribution >= 0.6 is 23.2 Å². The van der Waals surface area contributed by atoms with Gasteiger partial charge in [-0.25, -0.2) is 5.43 Å². The number of carbonyl (C=O) groups is 1. The van der Waals surface area contributed by atoms with Crippen molar-refractivity contribution in [3.05, 3.63) is 81.8 Å². The highest BCUT2D eigenvalue weighted by Gasteiger charge is 2.08. The Labute approximate surface area is 143 Å². The van der Waals surface area contributed by atoms with Crippen LogP contribution < -0.4 is 5.43 Å². The van der Waals surface area contributed by atoms with Crippen LogP contribution in [0.3, 0.4) is 0 Å². The number of hydrogen-bond acceptors (Lipinski definition) is 2. The van der Waals surface area contributed by atoms with Crippen molar-refractivity contribution in [2.24, 2.45) is 5.10 Å². The summed E-state index contributed by atoms with van der Waals surface area (Å²) in [5.41, 5.74) is 3.77. The van der Waals surface area contributed by atoms with Crippen LogP contribution in [0.5, 0.6) is 0 Å². The highest BCUT2D eigenvalue weighted by atomic mass is 35.5. The van der Waals surface area contributed by atoms with Crippen LogP contribution in [0.2, 0.25) is 10.0 Å². The molecule has 5 heteroatoms. The summed E-state index contributed by atoms with van der Waals surface area (Å²) in [7, 11) is 0. The predicted octanol–water partition coefficient (Wildman–Crippen LogP) is 4.91. The molecule has 0 aliphatic rings. The minimum atomic E-state index is -0.275. The molecule has 0 unspecified atom stereocenters. The number of nitrogens with one attached hydrogen (secondary N) is 1. The van der Waals surface area contributed by atoms with E-state index in [1.807, 2.05) is 36.4 Å². The molecule has 114 valence electrons. The fourth-order valence-corrected chi connectivity index (χ4v) is 2.71. The third-order valence-electron chi connectivity index (χ3n) is 3.37. The van der Waals surface area contributed by atoms with E-state index in [0.717, 1.165) is 10.8 Å². The predicted molar refractivity (Wildman–Crippen MR) is 95.5 cm³/mol. The summed E-state index contributed by atoms with van der Waals surface area (Å²) in [6, 6.07) is 18.3. The summed E-state index contributed by atoms with van der Waals surface area (Å²) in [4.78, 5) is 12.3. The average Bonchev–Trinajstić information content (AvgIpc) is 2.56. The Balaban J connectivity index is 1.80. The normalized spacial score (nSPS) is 11.0. The van der Waals surface area contributed by atoms with Crippen molar-refractivity contribution < 1.29 is 4.79 Å². The van der Waals surface area contributed by atoms with E-state index in [1.54, 1.807) is 24.3 Å². The number of benzene rings is 3. The largest absolute Gasteiger partial charge is 0.271 e. The van der Waals surface area contributed by atoms with Crippen molar-refractivity contribution in [3.63, 3.8) is 0 Å². The Bertz CT molecular complexity index is 901. The van der Waals surface area contributed by atoms with E-state index in [0.29, 0.717) is 21.2 Å². The van der Waals surface area contributed by atoms with E-state index in [-0.39, 0.29) is 5.91 Å². The first-order valence-corrected chi connectivity index (χ1v) is 7.67. The van der Waals surface area contributed by atoms with Gasteiger partial charge >= 0.3 is 0 Å². The molecular weight excluding hydrogens is 331 g/mol. The first kappa shape index (κ1) is 15.5. The summed E-state index contributed by atoms with van der Waals surface area (Å²) >= 11 is 11.9. The summed E-state index contributed by atoms with van der Waals surface area (Å²) in [6.07, 6.45) is 1.49. The molecule has 23 heavy (non-hydrogen) atoms. The van der Waals surface area contributed by atoms with Gasteiger partial charge in [0, 0.05) is 16.1 Å². The van der Waals surface area contributed by atoms with Gasteiger partial charge in [-0.05, 0) is 29.0 Å². The molecule has 0 fully saturated rings. The molecule has 1 N–H and O–H groups in total. The first-order chi connectivity index (χ1) is 11.1. The summed E-state index contributed by atoms with van der Waals surface area (Å²) in [5, 5.41) is 6.87. The van der Waals surface area contributed by atoms with Gasteiger partial charge in [-0.1, -0.05) is 65.7 Å². The lowest BCUT2D eigenvalue weighted by Gasteiger charge is -2.05. The van der Waals surface area contributed by atoms with Gasteiger partial charge in [0.25, 0.3) is 5.91 Å². The van der Waals surface area contributed by atoms with E-state index in [2.05, 4.69) is 10.5 Å². The molecule has 1 amide bonds. The Morgan fingerprint density at radius 3 is 2.61 bits per heavy atom. The second-order valence-electron chi connectivity index (χ2n) is 4.89. The Morgan fingerprint density at radius 1 is 1.00 bits per heavy atom. The molecule has 0 atom stereocenters. The molecule has 3 aromatic carbocycles. The zero-order valence-corrected chi connectivity index (χ0v) is 13.5. The maximum Gasteiger partial charge on any atom is 0.271 e. The average molecular weight is 343 g/mol. The van der Waals surface area contributed by atoms with Crippen LogP contribution in [0.15, 0.2) is 65.8 Å². The molecule has 0 spiro atoms. The van der Waals surface area contributed by atoms with Crippen molar-refractivity contribution in [2.75, 3.05) is 0 Å². The summed E-state index contributed by atoms with van der Waals surface area (Å²) < 4.78 is 0. The Kier molecular flexibility index (Phi) is 4.60. The topological polar surface area (TPSA) is 41.5 Å². The lowest BCUT2D eigenvalue weighted by Crippen LogP contribution is -2.17. The summed E-state index contributed by atoms with van der Waals surface area (Å²) in [5.74, 6) is -0.275. The van der Waals surface area contributed by atoms with Crippen molar-refractivity contribution in [2.45, 2.75) is 0 Å². The van der Waals surface area contributed by atoms with Gasteiger partial charge in [0.1, 0.15) is 0 Å². The van der Waals surface area contributed by atoms with Crippen molar-refractivity contribution in [1.29, 1.82) is 0 Å². The molecule has 0 saturated heterocycles. The highest BCUT2D eigenvalue weighted by molar-refractivity contribution is 6.36. The second-order valence-corrected chi connectivity index (χ2v) is 5.74. The number of rotatable bonds is 3. The SMILES string of the molecule is O=C(N/N=C\c1ccc(Cl)cc1Cl)c1cccc2ccccc12. The minimum absolute atomic E-state index is 0.275. The van der Waals surface area contributed by atoms with Gasteiger partial charge < -0.3 is 0 Å². The van der Waals surface area contributed by atoms with Crippen LogP contribution in [0.4, 0.5) is 0 Å². The monoisotopic (exact) mass is 342 g/mol. The number of hydrogen-bond donors (Lipinski definition) is 1. The fraction of sp³-hybridized carbons (Fsp3) is 0. The molecule has 0 aromatic heterocycles. The number of carbonyl (C=O) groups excluding carboxylic acids is 1. The zero-order chi connectivity index (χ0) is 16.2. The minimum Gasteiger partial charge on any atom is -0.267 e. The quantitative estimate of drug-likeness (QED) is 0.533. The van der Waals surface area contributed by atoms with Gasteiger partial charge in [0.05, 0.1) is 11.2 Å². The first-order valence-electron chi connectivity index (χ1n) is 6.91. The Hall–Kier alpha value is -2.36. The van der Waals surface area contributed by atoms with E-state index < -0.39 is 0 Å². The third-order valence-corrected chi connectivity index (χ3v) is 3.93. The standard InChI is InChI=1S/C18H12Cl2N2O/c19-14-9-8-13(17(20)10-14)11-21-22-18(23)16-7-3-5-12-4-1-2-6-15(12)16/h1-11H,(H,22,23)/b21-11-. The van der Waals surface area contributed by atoms with Gasteiger partial charge in [0.2, 0.25) is 0 Å². The van der Waals surface area contributed by atoms with Crippen molar-refractivity contribution in [1.82, 2.24) is 5.43 Å². The molecule has 0 heterocycles. The van der Waals surface area contributed by atoms with Crippen LogP contribution in [0, 0.1) is 0 Å². The smallest absolute Gasteiger partial charge is 0.267 e. The van der Waals surface area contributed by atoms with Crippen molar-refractivity contribution >= 4 is 46.1 Å². The van der Waals surface area contributed by atoms with Gasteiger partial charge in [-0.2, -0.15) is 5.10 Å². The van der Waals surface area contributed by atoms with Crippen LogP contribution in [0.1, 0.15) is 15.9 Å². The number of amides is 1. The maximum absolute atomic E-state index is 12.3. The van der Waals surface area contributed by atoms with Gasteiger partial charge in [-0.15, -0.1) is 0 Å². The molecule has 3 rings (SSSR count). The Morgan fingerprint density at radius 2 is 1.78 bits per heavy atom. The molecule has 3 nitrogen and oxygen atoms in total. The lowest BCUT2D eigenvalue weighted by atomic mass is 10.0. The lowest BCUT2D eigenvalue weighted by molar-refractivity contribution is 0.0957. The van der Waals surface area contributed by atoms with Crippen LogP contribution in [0.25, 0.3) is 10.8 Å². The van der Waals surface area contributed by atoms with Gasteiger partial charge in [0.15, 0.2) is 0 Å². The van der Waals surface area contributed by atoms with Crippen molar-refractivity contribution in [3.8, 4) is 0 Å². The van der Waals surface area contributed by atoms with Crippen LogP contribution in [-0.2, 0) is 0 Å². The number of hydrazone groups is 1. The molecule has 0 bridgehead atoms. The third kappa shape index (κ3) is 3.52. The van der Waals surface area contributed by atoms with Crippen LogP contribution in [-0.4, -0.2) is 12.1 Å². The number of nitrogens with zero attached hydrogens (tertiary/aromatic N) is 1. The molecule has 0 saturated carbocycles. The number of fused-ring (bicyclic) bond motifs is 1. The summed E-state index contributed by atoms with van der Waals surface area (Å²) in [6.45, 7) is 0. The van der Waals surface area contributed by atoms with E-state index in [4.69, 9.17) is 23.2 Å². The van der Waals surface area contributed by atoms with E-state index in [1.165, 1.54) is 6.21 Å². The molecule has 0 radical (unpaired) electrons. The van der Waals surface area contributed by atoms with E-state index >= 15 is 0 Å². The molecular formula is C18H12Cl2N2O. The van der Waals surface area contributed by atoms with Gasteiger partial charge in [-0.3, -0.25) is 4.79 Å². The second kappa shape index (κ2) is 6.82. The number of halogens is 2.